The smallest absolute Gasteiger partial charge is 0.295 e. The summed E-state index contributed by atoms with van der Waals surface area (Å²) in [4.78, 5) is 30.1. The van der Waals surface area contributed by atoms with Crippen LogP contribution in [0.4, 0.5) is 0 Å². The quantitative estimate of drug-likeness (QED) is 0.426. The van der Waals surface area contributed by atoms with Crippen LogP contribution in [0.5, 0.6) is 5.75 Å². The van der Waals surface area contributed by atoms with Crippen LogP contribution < -0.4 is 4.74 Å². The first-order valence-corrected chi connectivity index (χ1v) is 10.3. The average Bonchev–Trinajstić information content (AvgIpc) is 3.20. The number of likely N-dealkylation sites (N-methyl/N-ethyl adjacent to an activating group) is 1. The van der Waals surface area contributed by atoms with Gasteiger partial charge in [-0.25, -0.2) is 0 Å². The predicted molar refractivity (Wildman–Crippen MR) is 115 cm³/mol. The minimum atomic E-state index is -0.689. The fraction of sp³-hybridized carbons (Fsp3) is 0.333. The van der Waals surface area contributed by atoms with Crippen LogP contribution in [0.3, 0.4) is 0 Å². The predicted octanol–water partition coefficient (Wildman–Crippen LogP) is 3.70. The second-order valence-electron chi connectivity index (χ2n) is 7.11. The van der Waals surface area contributed by atoms with Gasteiger partial charge in [-0.1, -0.05) is 11.6 Å². The molecule has 6 nitrogen and oxygen atoms in total. The number of thiophene rings is 1. The largest absolute Gasteiger partial charge is 0.507 e. The summed E-state index contributed by atoms with van der Waals surface area (Å²) in [7, 11) is 5.30. The molecule has 0 spiro atoms. The lowest BCUT2D eigenvalue weighted by atomic mass is 9.98. The van der Waals surface area contributed by atoms with E-state index in [1.807, 2.05) is 37.4 Å². The maximum absolute atomic E-state index is 12.9. The standard InChI is InChI=1S/C21H23ClN2O4S/c1-12-7-10-29-20(12)17-16(19(26)21(27)24(17)9-8-23(2)3)18(25)13-5-6-15(28-4)14(22)11-13/h5-7,10-11,17,25H,8-9H2,1-4H3/b18-16-. The van der Waals surface area contributed by atoms with Gasteiger partial charge in [0.05, 0.1) is 23.7 Å². The van der Waals surface area contributed by atoms with Gasteiger partial charge in [-0.3, -0.25) is 9.59 Å². The molecule has 1 aromatic carbocycles. The lowest BCUT2D eigenvalue weighted by Gasteiger charge is -2.26. The van der Waals surface area contributed by atoms with Gasteiger partial charge in [-0.05, 0) is 56.2 Å². The van der Waals surface area contributed by atoms with Gasteiger partial charge in [-0.2, -0.15) is 0 Å². The van der Waals surface area contributed by atoms with Crippen molar-refractivity contribution < 1.29 is 19.4 Å². The SMILES string of the molecule is COc1ccc(/C(O)=C2/C(=O)C(=O)N(CCN(C)C)C2c2sccc2C)cc1Cl. The first-order chi connectivity index (χ1) is 13.8. The molecule has 29 heavy (non-hydrogen) atoms. The highest BCUT2D eigenvalue weighted by molar-refractivity contribution is 7.10. The number of likely N-dealkylation sites (tertiary alicyclic amines) is 1. The number of rotatable bonds is 6. The highest BCUT2D eigenvalue weighted by Crippen LogP contribution is 2.42. The molecular weight excluding hydrogens is 412 g/mol. The number of amides is 1. The number of hydrogen-bond donors (Lipinski definition) is 1. The molecule has 154 valence electrons. The van der Waals surface area contributed by atoms with Crippen molar-refractivity contribution in [2.24, 2.45) is 0 Å². The van der Waals surface area contributed by atoms with E-state index in [0.717, 1.165) is 10.4 Å². The lowest BCUT2D eigenvalue weighted by molar-refractivity contribution is -0.140. The number of ketones is 1. The van der Waals surface area contributed by atoms with E-state index in [1.165, 1.54) is 29.4 Å². The molecule has 0 bridgehead atoms. The number of aryl methyl sites for hydroxylation is 1. The van der Waals surface area contributed by atoms with Gasteiger partial charge in [0, 0.05) is 23.5 Å². The highest BCUT2D eigenvalue weighted by atomic mass is 35.5. The Morgan fingerprint density at radius 2 is 2.03 bits per heavy atom. The molecule has 1 fully saturated rings. The van der Waals surface area contributed by atoms with Crippen molar-refractivity contribution in [2.45, 2.75) is 13.0 Å². The molecule has 2 aromatic rings. The van der Waals surface area contributed by atoms with Crippen molar-refractivity contribution in [3.8, 4) is 5.75 Å². The van der Waals surface area contributed by atoms with Crippen LogP contribution in [0.2, 0.25) is 5.02 Å². The molecule has 1 aliphatic rings. The van der Waals surface area contributed by atoms with Crippen molar-refractivity contribution in [2.75, 3.05) is 34.3 Å². The molecule has 1 amide bonds. The zero-order valence-corrected chi connectivity index (χ0v) is 18.3. The van der Waals surface area contributed by atoms with Crippen molar-refractivity contribution in [3.05, 3.63) is 56.2 Å². The molecule has 8 heteroatoms. The number of Topliss-reactive ketones (excluding diaryl/α,β-unsaturated/α-hetero) is 1. The van der Waals surface area contributed by atoms with Crippen LogP contribution in [0.15, 0.2) is 35.2 Å². The minimum Gasteiger partial charge on any atom is -0.507 e. The number of carbonyl (C=O) groups excluding carboxylic acids is 2. The van der Waals surface area contributed by atoms with Gasteiger partial charge >= 0.3 is 0 Å². The summed E-state index contributed by atoms with van der Waals surface area (Å²) in [5.41, 5.74) is 1.41. The van der Waals surface area contributed by atoms with E-state index in [9.17, 15) is 14.7 Å². The maximum atomic E-state index is 12.9. The van der Waals surface area contributed by atoms with Gasteiger partial charge in [0.2, 0.25) is 0 Å². The van der Waals surface area contributed by atoms with E-state index in [1.54, 1.807) is 12.1 Å². The number of halogens is 1. The van der Waals surface area contributed by atoms with Crippen LogP contribution in [0.1, 0.15) is 22.0 Å². The molecule has 2 heterocycles. The number of aliphatic hydroxyl groups is 1. The monoisotopic (exact) mass is 434 g/mol. The molecule has 0 radical (unpaired) electrons. The van der Waals surface area contributed by atoms with Crippen molar-refractivity contribution in [3.63, 3.8) is 0 Å². The van der Waals surface area contributed by atoms with Crippen LogP contribution in [0.25, 0.3) is 5.76 Å². The molecule has 1 aliphatic heterocycles. The lowest BCUT2D eigenvalue weighted by Crippen LogP contribution is -2.35. The number of benzene rings is 1. The third kappa shape index (κ3) is 4.03. The first-order valence-electron chi connectivity index (χ1n) is 9.07. The number of aliphatic hydroxyl groups excluding tert-OH is 1. The normalized spacial score (nSPS) is 18.7. The highest BCUT2D eigenvalue weighted by Gasteiger charge is 2.46. The van der Waals surface area contributed by atoms with Gasteiger partial charge in [0.1, 0.15) is 11.5 Å². The minimum absolute atomic E-state index is 0.0838. The van der Waals surface area contributed by atoms with Gasteiger partial charge in [0.25, 0.3) is 11.7 Å². The number of carbonyl (C=O) groups is 2. The van der Waals surface area contributed by atoms with Crippen molar-refractivity contribution in [1.29, 1.82) is 0 Å². The summed E-state index contributed by atoms with van der Waals surface area (Å²) in [5, 5.41) is 13.3. The molecule has 0 saturated carbocycles. The zero-order chi connectivity index (χ0) is 21.3. The van der Waals surface area contributed by atoms with Crippen LogP contribution in [0, 0.1) is 6.92 Å². The summed E-state index contributed by atoms with van der Waals surface area (Å²) in [6, 6.07) is 6.07. The fourth-order valence-corrected chi connectivity index (χ4v) is 4.63. The number of nitrogens with zero attached hydrogens (tertiary/aromatic N) is 2. The van der Waals surface area contributed by atoms with E-state index >= 15 is 0 Å². The first kappa shape index (κ1) is 21.4. The Morgan fingerprint density at radius 1 is 1.31 bits per heavy atom. The van der Waals surface area contributed by atoms with Gasteiger partial charge in [-0.15, -0.1) is 11.3 Å². The number of ether oxygens (including phenoxy) is 1. The Kier molecular flexibility index (Phi) is 6.31. The molecule has 1 aromatic heterocycles. The topological polar surface area (TPSA) is 70.1 Å². The Morgan fingerprint density at radius 3 is 2.59 bits per heavy atom. The van der Waals surface area contributed by atoms with Crippen LogP contribution in [-0.4, -0.2) is 60.9 Å². The molecule has 1 unspecified atom stereocenters. The Bertz CT molecular complexity index is 983. The van der Waals surface area contributed by atoms with Crippen LogP contribution in [-0.2, 0) is 9.59 Å². The Hall–Kier alpha value is -2.35. The van der Waals surface area contributed by atoms with E-state index in [0.29, 0.717) is 29.4 Å². The zero-order valence-electron chi connectivity index (χ0n) is 16.7. The summed E-state index contributed by atoms with van der Waals surface area (Å²) < 4.78 is 5.15. The molecule has 0 aliphatic carbocycles. The average molecular weight is 435 g/mol. The summed E-state index contributed by atoms with van der Waals surface area (Å²) >= 11 is 7.66. The molecular formula is C21H23ClN2O4S. The summed E-state index contributed by atoms with van der Waals surface area (Å²) in [5.74, 6) is -1.07. The van der Waals surface area contributed by atoms with Crippen LogP contribution >= 0.6 is 22.9 Å². The van der Waals surface area contributed by atoms with Gasteiger partial charge in [0.15, 0.2) is 0 Å². The summed E-state index contributed by atoms with van der Waals surface area (Å²) in [6.07, 6.45) is 0. The maximum Gasteiger partial charge on any atom is 0.295 e. The van der Waals surface area contributed by atoms with Crippen molar-refractivity contribution in [1.82, 2.24) is 9.80 Å². The summed E-state index contributed by atoms with van der Waals surface area (Å²) in [6.45, 7) is 2.91. The third-order valence-electron chi connectivity index (χ3n) is 4.90. The molecule has 3 rings (SSSR count). The fourth-order valence-electron chi connectivity index (χ4n) is 3.32. The third-order valence-corrected chi connectivity index (χ3v) is 6.27. The van der Waals surface area contributed by atoms with E-state index in [4.69, 9.17) is 16.3 Å². The van der Waals surface area contributed by atoms with E-state index < -0.39 is 17.7 Å². The molecule has 1 N–H and O–H groups in total. The second kappa shape index (κ2) is 8.57. The second-order valence-corrected chi connectivity index (χ2v) is 8.47. The van der Waals surface area contributed by atoms with Gasteiger partial charge < -0.3 is 19.6 Å². The van der Waals surface area contributed by atoms with E-state index in [2.05, 4.69) is 0 Å². The Labute approximate surface area is 179 Å². The molecule has 1 saturated heterocycles. The Balaban J connectivity index is 2.14. The molecule has 1 atom stereocenters. The number of methoxy groups -OCH3 is 1. The van der Waals surface area contributed by atoms with E-state index in [-0.39, 0.29) is 11.3 Å². The number of hydrogen-bond acceptors (Lipinski definition) is 6. The van der Waals surface area contributed by atoms with Crippen molar-refractivity contribution >= 4 is 40.4 Å².